The largest absolute Gasteiger partial charge is 0.324 e. The van der Waals surface area contributed by atoms with Crippen LogP contribution < -0.4 is 0 Å². The zero-order chi connectivity index (χ0) is 11.9. The molecule has 86 valence electrons. The number of aromatic nitrogens is 2. The van der Waals surface area contributed by atoms with Crippen molar-refractivity contribution in [2.75, 3.05) is 0 Å². The molecule has 0 amide bonds. The van der Waals surface area contributed by atoms with E-state index in [1.165, 1.54) is 6.07 Å². The van der Waals surface area contributed by atoms with Crippen LogP contribution in [-0.4, -0.2) is 9.55 Å². The Morgan fingerprint density at radius 1 is 1.31 bits per heavy atom. The summed E-state index contributed by atoms with van der Waals surface area (Å²) in [5.74, 6) is 0.423. The fourth-order valence-electron chi connectivity index (χ4n) is 1.92. The molecule has 0 spiro atoms. The molecule has 1 aromatic heterocycles. The van der Waals surface area contributed by atoms with Gasteiger partial charge in [0.25, 0.3) is 0 Å². The molecular weight excluding hydrogens is 227 g/mol. The number of imidazole rings is 1. The van der Waals surface area contributed by atoms with E-state index in [0.717, 1.165) is 11.3 Å². The molecule has 1 atom stereocenters. The number of fused-ring (bicyclic) bond motifs is 1. The topological polar surface area (TPSA) is 17.8 Å². The van der Waals surface area contributed by atoms with Gasteiger partial charge in [-0.25, -0.2) is 9.37 Å². The third-order valence-electron chi connectivity index (χ3n) is 2.57. The van der Waals surface area contributed by atoms with Gasteiger partial charge in [-0.2, -0.15) is 0 Å². The molecule has 0 aliphatic rings. The molecule has 0 radical (unpaired) electrons. The molecule has 0 saturated carbocycles. The third kappa shape index (κ3) is 1.69. The summed E-state index contributed by atoms with van der Waals surface area (Å²) in [6.07, 6.45) is 0. The molecule has 1 unspecified atom stereocenters. The molecule has 0 N–H and O–H groups in total. The number of halogens is 2. The highest BCUT2D eigenvalue weighted by atomic mass is 35.5. The smallest absolute Gasteiger partial charge is 0.151 e. The van der Waals surface area contributed by atoms with Gasteiger partial charge in [0.1, 0.15) is 11.3 Å². The van der Waals surface area contributed by atoms with Crippen molar-refractivity contribution in [1.29, 1.82) is 0 Å². The fourth-order valence-corrected chi connectivity index (χ4v) is 2.08. The Balaban J connectivity index is 2.81. The van der Waals surface area contributed by atoms with E-state index in [9.17, 15) is 4.39 Å². The van der Waals surface area contributed by atoms with Crippen molar-refractivity contribution in [3.05, 3.63) is 29.8 Å². The van der Waals surface area contributed by atoms with Crippen LogP contribution in [-0.2, 0) is 0 Å². The summed E-state index contributed by atoms with van der Waals surface area (Å²) >= 11 is 6.07. The first-order valence-corrected chi connectivity index (χ1v) is 5.76. The normalized spacial score (nSPS) is 13.6. The molecular formula is C12H14ClFN2. The van der Waals surface area contributed by atoms with Crippen LogP contribution in [0.15, 0.2) is 18.2 Å². The minimum atomic E-state index is -0.296. The van der Waals surface area contributed by atoms with Crippen LogP contribution in [0.25, 0.3) is 11.0 Å². The SMILES string of the molecule is CC(Cl)c1nc2c(F)cccc2n1C(C)C. The van der Waals surface area contributed by atoms with E-state index >= 15 is 0 Å². The third-order valence-corrected chi connectivity index (χ3v) is 2.77. The Bertz CT molecular complexity index is 517. The second-order valence-electron chi connectivity index (χ2n) is 4.16. The first-order chi connectivity index (χ1) is 7.52. The van der Waals surface area contributed by atoms with E-state index in [4.69, 9.17) is 11.6 Å². The number of benzene rings is 1. The van der Waals surface area contributed by atoms with Gasteiger partial charge in [-0.05, 0) is 32.9 Å². The molecule has 0 saturated heterocycles. The van der Waals surface area contributed by atoms with Crippen LogP contribution in [0.2, 0.25) is 0 Å². The fraction of sp³-hybridized carbons (Fsp3) is 0.417. The summed E-state index contributed by atoms with van der Waals surface area (Å²) in [6.45, 7) is 5.92. The van der Waals surface area contributed by atoms with E-state index in [1.54, 1.807) is 6.07 Å². The summed E-state index contributed by atoms with van der Waals surface area (Å²) < 4.78 is 15.6. The van der Waals surface area contributed by atoms with Crippen LogP contribution in [0.4, 0.5) is 4.39 Å². The van der Waals surface area contributed by atoms with Gasteiger partial charge < -0.3 is 4.57 Å². The highest BCUT2D eigenvalue weighted by Crippen LogP contribution is 2.28. The summed E-state index contributed by atoms with van der Waals surface area (Å²) in [5.41, 5.74) is 1.20. The lowest BCUT2D eigenvalue weighted by molar-refractivity contribution is 0.584. The number of hydrogen-bond donors (Lipinski definition) is 0. The quantitative estimate of drug-likeness (QED) is 0.724. The van der Waals surface area contributed by atoms with Crippen LogP contribution in [0.5, 0.6) is 0 Å². The number of alkyl halides is 1. The molecule has 0 aliphatic carbocycles. The molecule has 16 heavy (non-hydrogen) atoms. The Hall–Kier alpha value is -1.09. The van der Waals surface area contributed by atoms with Gasteiger partial charge in [-0.15, -0.1) is 11.6 Å². The van der Waals surface area contributed by atoms with Crippen molar-refractivity contribution in [2.45, 2.75) is 32.2 Å². The Labute approximate surface area is 99.0 Å². The summed E-state index contributed by atoms with van der Waals surface area (Å²) in [5, 5.41) is -0.228. The predicted molar refractivity (Wildman–Crippen MR) is 64.3 cm³/mol. The highest BCUT2D eigenvalue weighted by Gasteiger charge is 2.18. The van der Waals surface area contributed by atoms with Gasteiger partial charge in [0, 0.05) is 6.04 Å². The number of rotatable bonds is 2. The number of para-hydroxylation sites is 1. The average molecular weight is 241 g/mol. The Morgan fingerprint density at radius 3 is 2.56 bits per heavy atom. The lowest BCUT2D eigenvalue weighted by Gasteiger charge is -2.13. The number of nitrogens with zero attached hydrogens (tertiary/aromatic N) is 2. The molecule has 2 rings (SSSR count). The lowest BCUT2D eigenvalue weighted by Crippen LogP contribution is -2.06. The van der Waals surface area contributed by atoms with Crippen molar-refractivity contribution in [3.63, 3.8) is 0 Å². The van der Waals surface area contributed by atoms with E-state index in [1.807, 2.05) is 31.4 Å². The van der Waals surface area contributed by atoms with Gasteiger partial charge in [0.05, 0.1) is 10.9 Å². The van der Waals surface area contributed by atoms with E-state index < -0.39 is 0 Å². The molecule has 2 aromatic rings. The van der Waals surface area contributed by atoms with Crippen molar-refractivity contribution >= 4 is 22.6 Å². The van der Waals surface area contributed by atoms with Crippen molar-refractivity contribution in [2.24, 2.45) is 0 Å². The molecule has 2 nitrogen and oxygen atoms in total. The summed E-state index contributed by atoms with van der Waals surface area (Å²) in [6, 6.07) is 5.20. The second kappa shape index (κ2) is 4.06. The Kier molecular flexibility index (Phi) is 2.89. The maximum absolute atomic E-state index is 13.6. The average Bonchev–Trinajstić information content (AvgIpc) is 2.58. The first kappa shape index (κ1) is 11.4. The van der Waals surface area contributed by atoms with Gasteiger partial charge in [0.15, 0.2) is 5.82 Å². The van der Waals surface area contributed by atoms with Crippen LogP contribution in [0.3, 0.4) is 0 Å². The molecule has 4 heteroatoms. The zero-order valence-corrected chi connectivity index (χ0v) is 10.3. The van der Waals surface area contributed by atoms with Crippen LogP contribution >= 0.6 is 11.6 Å². The minimum Gasteiger partial charge on any atom is -0.324 e. The first-order valence-electron chi connectivity index (χ1n) is 5.32. The molecule has 1 heterocycles. The molecule has 0 bridgehead atoms. The Morgan fingerprint density at radius 2 is 2.00 bits per heavy atom. The monoisotopic (exact) mass is 240 g/mol. The highest BCUT2D eigenvalue weighted by molar-refractivity contribution is 6.20. The van der Waals surface area contributed by atoms with Crippen LogP contribution in [0, 0.1) is 5.82 Å². The zero-order valence-electron chi connectivity index (χ0n) is 9.54. The van der Waals surface area contributed by atoms with Gasteiger partial charge in [-0.3, -0.25) is 0 Å². The van der Waals surface area contributed by atoms with Crippen molar-refractivity contribution < 1.29 is 4.39 Å². The van der Waals surface area contributed by atoms with Crippen molar-refractivity contribution in [1.82, 2.24) is 9.55 Å². The molecule has 1 aromatic carbocycles. The summed E-state index contributed by atoms with van der Waals surface area (Å²) in [7, 11) is 0. The molecule has 0 fully saturated rings. The predicted octanol–water partition coefficient (Wildman–Crippen LogP) is 4.06. The van der Waals surface area contributed by atoms with Gasteiger partial charge >= 0.3 is 0 Å². The van der Waals surface area contributed by atoms with Gasteiger partial charge in [0.2, 0.25) is 0 Å². The minimum absolute atomic E-state index is 0.211. The molecule has 0 aliphatic heterocycles. The maximum atomic E-state index is 13.6. The van der Waals surface area contributed by atoms with Gasteiger partial charge in [-0.1, -0.05) is 6.07 Å². The van der Waals surface area contributed by atoms with Crippen molar-refractivity contribution in [3.8, 4) is 0 Å². The lowest BCUT2D eigenvalue weighted by atomic mass is 10.3. The second-order valence-corrected chi connectivity index (χ2v) is 4.81. The van der Waals surface area contributed by atoms with E-state index in [0.29, 0.717) is 5.52 Å². The summed E-state index contributed by atoms with van der Waals surface area (Å²) in [4.78, 5) is 4.29. The number of hydrogen-bond acceptors (Lipinski definition) is 1. The maximum Gasteiger partial charge on any atom is 0.151 e. The van der Waals surface area contributed by atoms with E-state index in [-0.39, 0.29) is 17.2 Å². The standard InChI is InChI=1S/C12H14ClFN2/c1-7(2)16-10-6-4-5-9(14)11(10)15-12(16)8(3)13/h4-8H,1-3H3. The van der Waals surface area contributed by atoms with Crippen LogP contribution in [0.1, 0.15) is 38.0 Å². The van der Waals surface area contributed by atoms with E-state index in [2.05, 4.69) is 4.98 Å².